The Labute approximate surface area is 159 Å². The van der Waals surface area contributed by atoms with Crippen molar-refractivity contribution in [2.45, 2.75) is 38.0 Å². The first-order chi connectivity index (χ1) is 13.1. The molecule has 0 bridgehead atoms. The summed E-state index contributed by atoms with van der Waals surface area (Å²) < 4.78 is 5.84. The zero-order valence-corrected chi connectivity index (χ0v) is 15.5. The Hall–Kier alpha value is -2.81. The molecule has 4 rings (SSSR count). The van der Waals surface area contributed by atoms with Crippen LogP contribution in [0.15, 0.2) is 66.1 Å². The maximum Gasteiger partial charge on any atom is 0.200 e. The molecule has 5 heteroatoms. The fourth-order valence-corrected chi connectivity index (χ4v) is 4.13. The predicted molar refractivity (Wildman–Crippen MR) is 104 cm³/mol. The van der Waals surface area contributed by atoms with E-state index in [9.17, 15) is 5.26 Å². The van der Waals surface area contributed by atoms with Gasteiger partial charge in [-0.25, -0.2) is 10.9 Å². The second-order valence-electron chi connectivity index (χ2n) is 7.48. The molecule has 4 unspecified atom stereocenters. The van der Waals surface area contributed by atoms with Gasteiger partial charge in [0.1, 0.15) is 6.07 Å². The van der Waals surface area contributed by atoms with Gasteiger partial charge in [0, 0.05) is 11.8 Å². The van der Waals surface area contributed by atoms with E-state index in [0.717, 1.165) is 11.1 Å². The number of hydrogen-bond donors (Lipinski definition) is 3. The zero-order chi connectivity index (χ0) is 19.0. The van der Waals surface area contributed by atoms with Crippen molar-refractivity contribution < 1.29 is 4.74 Å². The highest BCUT2D eigenvalue weighted by Gasteiger charge is 2.49. The van der Waals surface area contributed by atoms with Gasteiger partial charge in [-0.1, -0.05) is 68.4 Å². The van der Waals surface area contributed by atoms with Gasteiger partial charge in [-0.05, 0) is 22.6 Å². The Morgan fingerprint density at radius 3 is 2.33 bits per heavy atom. The van der Waals surface area contributed by atoms with Crippen LogP contribution in [-0.2, 0) is 4.74 Å². The second-order valence-corrected chi connectivity index (χ2v) is 7.48. The van der Waals surface area contributed by atoms with Crippen LogP contribution in [0.4, 0.5) is 0 Å². The lowest BCUT2D eigenvalue weighted by molar-refractivity contribution is 0.0340. The van der Waals surface area contributed by atoms with Crippen molar-refractivity contribution in [2.75, 3.05) is 0 Å². The molecular weight excluding hydrogens is 336 g/mol. The summed E-state index contributed by atoms with van der Waals surface area (Å²) in [5.74, 6) is 0.547. The first-order valence-electron chi connectivity index (χ1n) is 9.32. The maximum atomic E-state index is 9.80. The second kappa shape index (κ2) is 7.07. The fourth-order valence-electron chi connectivity index (χ4n) is 4.13. The number of nitrogens with zero attached hydrogens (tertiary/aromatic N) is 1. The molecule has 138 valence electrons. The van der Waals surface area contributed by atoms with Crippen LogP contribution < -0.4 is 16.6 Å². The largest absolute Gasteiger partial charge is 0.458 e. The van der Waals surface area contributed by atoms with Gasteiger partial charge in [0.15, 0.2) is 6.23 Å². The summed E-state index contributed by atoms with van der Waals surface area (Å²) in [6.07, 6.45) is -0.290. The summed E-state index contributed by atoms with van der Waals surface area (Å²) in [6.45, 7) is 4.35. The number of rotatable bonds is 3. The number of fused-ring (bicyclic) bond motifs is 1. The molecule has 2 heterocycles. The number of allylic oxidation sites excluding steroid dienone is 1. The molecule has 27 heavy (non-hydrogen) atoms. The summed E-state index contributed by atoms with van der Waals surface area (Å²) in [6, 6.07) is 21.1. The third-order valence-electron chi connectivity index (χ3n) is 5.57. The minimum Gasteiger partial charge on any atom is -0.458 e. The van der Waals surface area contributed by atoms with Crippen LogP contribution in [0.3, 0.4) is 0 Å². The molecule has 2 aliphatic heterocycles. The van der Waals surface area contributed by atoms with Crippen LogP contribution in [0.1, 0.15) is 48.4 Å². The third kappa shape index (κ3) is 3.08. The molecule has 0 aliphatic carbocycles. The van der Waals surface area contributed by atoms with E-state index in [1.807, 2.05) is 18.2 Å². The van der Waals surface area contributed by atoms with E-state index in [-0.39, 0.29) is 30.0 Å². The van der Waals surface area contributed by atoms with E-state index < -0.39 is 0 Å². The van der Waals surface area contributed by atoms with Crippen molar-refractivity contribution in [3.05, 3.63) is 82.7 Å². The molecule has 0 aromatic heterocycles. The molecule has 2 aromatic rings. The van der Waals surface area contributed by atoms with Crippen LogP contribution >= 0.6 is 0 Å². The zero-order valence-electron chi connectivity index (χ0n) is 15.5. The normalized spacial score (nSPS) is 27.2. The van der Waals surface area contributed by atoms with Crippen LogP contribution in [0, 0.1) is 17.2 Å². The average molecular weight is 360 g/mol. The van der Waals surface area contributed by atoms with Crippen molar-refractivity contribution in [2.24, 2.45) is 11.7 Å². The highest BCUT2D eigenvalue weighted by Crippen LogP contribution is 2.47. The smallest absolute Gasteiger partial charge is 0.200 e. The van der Waals surface area contributed by atoms with Crippen LogP contribution in [0.25, 0.3) is 0 Å². The molecule has 0 saturated carbocycles. The first-order valence-corrected chi connectivity index (χ1v) is 9.32. The van der Waals surface area contributed by atoms with E-state index in [1.165, 1.54) is 5.56 Å². The highest BCUT2D eigenvalue weighted by atomic mass is 16.5. The van der Waals surface area contributed by atoms with Gasteiger partial charge in [0.25, 0.3) is 0 Å². The van der Waals surface area contributed by atoms with Crippen LogP contribution in [0.5, 0.6) is 0 Å². The lowest BCUT2D eigenvalue weighted by atomic mass is 9.74. The third-order valence-corrected chi connectivity index (χ3v) is 5.57. The average Bonchev–Trinajstić information content (AvgIpc) is 3.11. The number of ether oxygens (including phenoxy) is 1. The molecule has 4 atom stereocenters. The van der Waals surface area contributed by atoms with Gasteiger partial charge in [0.2, 0.25) is 5.88 Å². The number of hydrogen-bond acceptors (Lipinski definition) is 5. The Morgan fingerprint density at radius 2 is 1.70 bits per heavy atom. The van der Waals surface area contributed by atoms with Crippen LogP contribution in [0.2, 0.25) is 0 Å². The van der Waals surface area contributed by atoms with Gasteiger partial charge < -0.3 is 10.5 Å². The Balaban J connectivity index is 1.79. The van der Waals surface area contributed by atoms with E-state index in [1.54, 1.807) is 0 Å². The van der Waals surface area contributed by atoms with Crippen molar-refractivity contribution in [1.82, 2.24) is 10.9 Å². The van der Waals surface area contributed by atoms with Crippen molar-refractivity contribution in [1.29, 1.82) is 5.26 Å². The molecule has 2 aromatic carbocycles. The summed E-state index contributed by atoms with van der Waals surface area (Å²) in [7, 11) is 0. The summed E-state index contributed by atoms with van der Waals surface area (Å²) in [5, 5.41) is 9.80. The molecule has 2 aliphatic rings. The van der Waals surface area contributed by atoms with Crippen molar-refractivity contribution in [3.63, 3.8) is 0 Å². The van der Waals surface area contributed by atoms with Crippen molar-refractivity contribution >= 4 is 0 Å². The number of nitrogens with two attached hydrogens (primary N) is 1. The first kappa shape index (κ1) is 17.6. The maximum absolute atomic E-state index is 9.80. The topological polar surface area (TPSA) is 83.1 Å². The molecule has 0 spiro atoms. The lowest BCUT2D eigenvalue weighted by Crippen LogP contribution is -2.40. The molecule has 4 N–H and O–H groups in total. The van der Waals surface area contributed by atoms with Crippen molar-refractivity contribution in [3.8, 4) is 6.07 Å². The van der Waals surface area contributed by atoms with Gasteiger partial charge in [-0.15, -0.1) is 0 Å². The van der Waals surface area contributed by atoms with E-state index in [0.29, 0.717) is 11.5 Å². The molecule has 0 radical (unpaired) electrons. The van der Waals surface area contributed by atoms with Gasteiger partial charge in [0.05, 0.1) is 11.6 Å². The standard InChI is InChI=1S/C22H24N4O/c1-13(2)14-8-10-15(11-9-14)18-17(12-23)21(24)27-22-19(18)20(25-26-22)16-6-4-3-5-7-16/h3-11,13,18-20,22,25-26H,24H2,1-2H3. The lowest BCUT2D eigenvalue weighted by Gasteiger charge is -2.36. The number of hydrazine groups is 1. The number of nitriles is 1. The Kier molecular flexibility index (Phi) is 4.61. The number of benzene rings is 2. The number of nitrogens with one attached hydrogen (secondary N) is 2. The van der Waals surface area contributed by atoms with E-state index in [2.05, 4.69) is 67.2 Å². The SMILES string of the molecule is CC(C)c1ccc(C2C(C#N)=C(N)OC3NNC(c4ccccc4)C32)cc1. The molecule has 1 fully saturated rings. The summed E-state index contributed by atoms with van der Waals surface area (Å²) in [5.41, 5.74) is 16.7. The minimum absolute atomic E-state index is 0.0132. The van der Waals surface area contributed by atoms with Crippen LogP contribution in [-0.4, -0.2) is 6.23 Å². The predicted octanol–water partition coefficient (Wildman–Crippen LogP) is 3.41. The van der Waals surface area contributed by atoms with Gasteiger partial charge >= 0.3 is 0 Å². The molecule has 0 amide bonds. The van der Waals surface area contributed by atoms with E-state index >= 15 is 0 Å². The summed E-state index contributed by atoms with van der Waals surface area (Å²) >= 11 is 0. The van der Waals surface area contributed by atoms with E-state index in [4.69, 9.17) is 10.5 Å². The Bertz CT molecular complexity index is 883. The van der Waals surface area contributed by atoms with Gasteiger partial charge in [-0.3, -0.25) is 0 Å². The monoisotopic (exact) mass is 360 g/mol. The molecule has 1 saturated heterocycles. The Morgan fingerprint density at radius 1 is 1.00 bits per heavy atom. The molecule has 5 nitrogen and oxygen atoms in total. The molecular formula is C22H24N4O. The minimum atomic E-state index is -0.290. The summed E-state index contributed by atoms with van der Waals surface area (Å²) in [4.78, 5) is 0. The quantitative estimate of drug-likeness (QED) is 0.781. The fraction of sp³-hybridized carbons (Fsp3) is 0.318. The highest BCUT2D eigenvalue weighted by molar-refractivity contribution is 5.43. The van der Waals surface area contributed by atoms with Gasteiger partial charge in [-0.2, -0.15) is 5.26 Å².